The highest BCUT2D eigenvalue weighted by Gasteiger charge is 2.45. The molecule has 0 amide bonds. The number of aromatic hydroxyl groups is 4. The van der Waals surface area contributed by atoms with Crippen molar-refractivity contribution in [3.05, 3.63) is 34.5 Å². The van der Waals surface area contributed by atoms with Crippen LogP contribution in [0.25, 0.3) is 22.3 Å². The van der Waals surface area contributed by atoms with E-state index in [4.69, 9.17) is 18.6 Å². The molecule has 13 heteroatoms. The van der Waals surface area contributed by atoms with Crippen molar-refractivity contribution in [2.24, 2.45) is 0 Å². The van der Waals surface area contributed by atoms with Crippen molar-refractivity contribution in [3.8, 4) is 45.8 Å². The second-order valence-corrected chi connectivity index (χ2v) is 7.76. The lowest BCUT2D eigenvalue weighted by Crippen LogP contribution is -2.60. The number of aliphatic hydroxyl groups is 4. The lowest BCUT2D eigenvalue weighted by atomic mass is 9.99. The maximum atomic E-state index is 12.9. The van der Waals surface area contributed by atoms with Crippen LogP contribution in [-0.2, 0) is 4.74 Å². The average molecular weight is 494 g/mol. The van der Waals surface area contributed by atoms with E-state index in [1.165, 1.54) is 13.2 Å². The van der Waals surface area contributed by atoms with Gasteiger partial charge in [-0.15, -0.1) is 0 Å². The van der Waals surface area contributed by atoms with Crippen LogP contribution < -0.4 is 14.9 Å². The Bertz CT molecular complexity index is 1320. The van der Waals surface area contributed by atoms with Crippen LogP contribution in [-0.4, -0.2) is 85.3 Å². The molecule has 0 saturated carbocycles. The number of phenols is 3. The number of hydrogen-bond donors (Lipinski definition) is 8. The van der Waals surface area contributed by atoms with Crippen LogP contribution >= 0.6 is 0 Å². The summed E-state index contributed by atoms with van der Waals surface area (Å²) in [6, 6.07) is 4.31. The summed E-state index contributed by atoms with van der Waals surface area (Å²) in [5.74, 6) is -3.70. The van der Waals surface area contributed by atoms with Gasteiger partial charge in [-0.2, -0.15) is 0 Å². The molecular formula is C22H22O13. The molecule has 4 rings (SSSR count). The summed E-state index contributed by atoms with van der Waals surface area (Å²) in [6.45, 7) is -0.726. The van der Waals surface area contributed by atoms with Gasteiger partial charge >= 0.3 is 0 Å². The van der Waals surface area contributed by atoms with Crippen LogP contribution in [0.3, 0.4) is 0 Å². The number of benzene rings is 2. The predicted molar refractivity (Wildman–Crippen MR) is 116 cm³/mol. The Morgan fingerprint density at radius 3 is 2.29 bits per heavy atom. The highest BCUT2D eigenvalue weighted by molar-refractivity contribution is 5.93. The Morgan fingerprint density at radius 1 is 0.943 bits per heavy atom. The van der Waals surface area contributed by atoms with Crippen LogP contribution in [0, 0.1) is 0 Å². The van der Waals surface area contributed by atoms with Crippen LogP contribution in [0.1, 0.15) is 0 Å². The summed E-state index contributed by atoms with van der Waals surface area (Å²) in [5.41, 5.74) is -1.59. The molecule has 1 aliphatic heterocycles. The molecule has 5 atom stereocenters. The molecule has 0 radical (unpaired) electrons. The molecular weight excluding hydrogens is 472 g/mol. The highest BCUT2D eigenvalue weighted by Crippen LogP contribution is 2.44. The van der Waals surface area contributed by atoms with E-state index in [1.54, 1.807) is 0 Å². The van der Waals surface area contributed by atoms with E-state index < -0.39 is 88.2 Å². The van der Waals surface area contributed by atoms with Crippen LogP contribution in [0.2, 0.25) is 0 Å². The summed E-state index contributed by atoms with van der Waals surface area (Å²) in [7, 11) is 1.19. The number of aliphatic hydroxyl groups excluding tert-OH is 4. The third-order valence-corrected chi connectivity index (χ3v) is 5.58. The molecule has 0 aliphatic carbocycles. The molecule has 1 aliphatic rings. The van der Waals surface area contributed by atoms with E-state index in [0.717, 1.165) is 18.2 Å². The monoisotopic (exact) mass is 494 g/mol. The maximum absolute atomic E-state index is 12.9. The van der Waals surface area contributed by atoms with Gasteiger partial charge in [0.05, 0.1) is 13.7 Å². The molecule has 1 saturated heterocycles. The number of ether oxygens (including phenoxy) is 3. The molecule has 3 aromatic rings. The summed E-state index contributed by atoms with van der Waals surface area (Å²) in [6.07, 6.45) is -8.26. The third-order valence-electron chi connectivity index (χ3n) is 5.58. The van der Waals surface area contributed by atoms with Crippen molar-refractivity contribution in [1.82, 2.24) is 0 Å². The number of fused-ring (bicyclic) bond motifs is 1. The minimum atomic E-state index is -1.82. The van der Waals surface area contributed by atoms with E-state index >= 15 is 0 Å². The Balaban J connectivity index is 1.92. The van der Waals surface area contributed by atoms with E-state index in [2.05, 4.69) is 0 Å². The zero-order valence-corrected chi connectivity index (χ0v) is 18.0. The topological polar surface area (TPSA) is 220 Å². The normalized spacial score (nSPS) is 24.4. The molecule has 2 heterocycles. The van der Waals surface area contributed by atoms with Gasteiger partial charge in [0.25, 0.3) is 0 Å². The SMILES string of the molecule is COc1cc(O)c2c(=O)c(O)c(-c3ccc(O)c(O)c3)oc2c1O[C@@H]1OC(CO)[C@H](O)[C@H](O)C1O. The van der Waals surface area contributed by atoms with Gasteiger partial charge in [-0.05, 0) is 18.2 Å². The Morgan fingerprint density at radius 2 is 1.66 bits per heavy atom. The number of hydrogen-bond acceptors (Lipinski definition) is 13. The first-order valence-corrected chi connectivity index (χ1v) is 10.2. The lowest BCUT2D eigenvalue weighted by Gasteiger charge is -2.39. The Hall–Kier alpha value is -3.75. The van der Waals surface area contributed by atoms with E-state index in [9.17, 15) is 45.6 Å². The van der Waals surface area contributed by atoms with Crippen molar-refractivity contribution in [3.63, 3.8) is 0 Å². The standard InChI is InChI=1S/C22H22O13/c1-32-11-5-10(26)13-15(28)17(30)19(7-2-3-8(24)9(25)4-7)34-21(13)20(11)35-22-18(31)16(29)14(27)12(6-23)33-22/h2-5,12,14,16,18,22-27,29-31H,6H2,1H3/t12?,14-,16-,18?,22-/m0/s1. The first-order chi connectivity index (χ1) is 16.6. The molecule has 13 nitrogen and oxygen atoms in total. The van der Waals surface area contributed by atoms with E-state index in [-0.39, 0.29) is 11.3 Å². The van der Waals surface area contributed by atoms with Gasteiger partial charge in [-0.1, -0.05) is 0 Å². The van der Waals surface area contributed by atoms with Crippen molar-refractivity contribution in [2.75, 3.05) is 13.7 Å². The quantitative estimate of drug-likeness (QED) is 0.209. The Kier molecular flexibility index (Phi) is 6.36. The molecule has 2 aromatic carbocycles. The van der Waals surface area contributed by atoms with Gasteiger partial charge in [0.15, 0.2) is 28.6 Å². The predicted octanol–water partition coefficient (Wildman–Crippen LogP) is -0.530. The number of rotatable bonds is 5. The van der Waals surface area contributed by atoms with E-state index in [1.807, 2.05) is 0 Å². The lowest BCUT2D eigenvalue weighted by molar-refractivity contribution is -0.277. The van der Waals surface area contributed by atoms with Gasteiger partial charge in [-0.25, -0.2) is 0 Å². The fraction of sp³-hybridized carbons (Fsp3) is 0.318. The van der Waals surface area contributed by atoms with Crippen molar-refractivity contribution in [2.45, 2.75) is 30.7 Å². The zero-order valence-electron chi connectivity index (χ0n) is 18.0. The second-order valence-electron chi connectivity index (χ2n) is 7.76. The zero-order chi connectivity index (χ0) is 25.6. The largest absolute Gasteiger partial charge is 0.507 e. The Labute approximate surface area is 195 Å². The van der Waals surface area contributed by atoms with Gasteiger partial charge in [0.1, 0.15) is 35.6 Å². The van der Waals surface area contributed by atoms with Crippen molar-refractivity contribution >= 4 is 11.0 Å². The molecule has 0 bridgehead atoms. The number of methoxy groups -OCH3 is 1. The van der Waals surface area contributed by atoms with Gasteiger partial charge in [0.2, 0.25) is 23.2 Å². The smallest absolute Gasteiger partial charge is 0.238 e. The second kappa shape index (κ2) is 9.13. The van der Waals surface area contributed by atoms with Crippen LogP contribution in [0.4, 0.5) is 0 Å². The summed E-state index contributed by atoms with van der Waals surface area (Å²) in [4.78, 5) is 12.9. The molecule has 8 N–H and O–H groups in total. The van der Waals surface area contributed by atoms with E-state index in [0.29, 0.717) is 0 Å². The van der Waals surface area contributed by atoms with Crippen LogP contribution in [0.5, 0.6) is 34.5 Å². The third kappa shape index (κ3) is 4.05. The fourth-order valence-electron chi connectivity index (χ4n) is 3.70. The first-order valence-electron chi connectivity index (χ1n) is 10.2. The molecule has 188 valence electrons. The van der Waals surface area contributed by atoms with Crippen LogP contribution in [0.15, 0.2) is 33.5 Å². The molecule has 1 fully saturated rings. The van der Waals surface area contributed by atoms with Gasteiger partial charge < -0.3 is 59.5 Å². The fourth-order valence-corrected chi connectivity index (χ4v) is 3.70. The van der Waals surface area contributed by atoms with Gasteiger partial charge in [-0.3, -0.25) is 4.79 Å². The molecule has 35 heavy (non-hydrogen) atoms. The highest BCUT2D eigenvalue weighted by atomic mass is 16.7. The minimum absolute atomic E-state index is 0.0297. The van der Waals surface area contributed by atoms with Crippen molar-refractivity contribution in [1.29, 1.82) is 0 Å². The molecule has 1 aromatic heterocycles. The minimum Gasteiger partial charge on any atom is -0.507 e. The summed E-state index contributed by atoms with van der Waals surface area (Å²) < 4.78 is 21.8. The molecule has 0 spiro atoms. The summed E-state index contributed by atoms with van der Waals surface area (Å²) >= 11 is 0. The average Bonchev–Trinajstić information content (AvgIpc) is 2.84. The summed E-state index contributed by atoms with van der Waals surface area (Å²) in [5, 5.41) is 79.5. The van der Waals surface area contributed by atoms with Crippen molar-refractivity contribution < 1.29 is 59.5 Å². The first kappa shape index (κ1) is 24.4. The maximum Gasteiger partial charge on any atom is 0.238 e. The van der Waals surface area contributed by atoms with Gasteiger partial charge in [0, 0.05) is 11.6 Å². The number of phenolic OH excluding ortho intramolecular Hbond substituents is 3. The molecule has 2 unspecified atom stereocenters.